The lowest BCUT2D eigenvalue weighted by Crippen LogP contribution is -3.12. The minimum absolute atomic E-state index is 0.0891. The number of hydrogen-bond acceptors (Lipinski definition) is 2. The molecule has 0 saturated carbocycles. The van der Waals surface area contributed by atoms with Gasteiger partial charge in [-0.3, -0.25) is 4.79 Å². The molecule has 2 rings (SSSR count). The van der Waals surface area contributed by atoms with Gasteiger partial charge in [0.2, 0.25) is 0 Å². The van der Waals surface area contributed by atoms with Crippen LogP contribution in [0.25, 0.3) is 5.69 Å². The number of likely N-dealkylation sites (N-methyl/N-ethyl adjacent to an activating group) is 2. The molecular formula is C18H27N4O+. The quantitative estimate of drug-likeness (QED) is 0.836. The maximum atomic E-state index is 12.0. The van der Waals surface area contributed by atoms with Crippen LogP contribution in [0.1, 0.15) is 30.8 Å². The fourth-order valence-electron chi connectivity index (χ4n) is 2.73. The largest absolute Gasteiger partial charge is 0.351 e. The fourth-order valence-corrected chi connectivity index (χ4v) is 2.73. The molecular weight excluding hydrogens is 288 g/mol. The number of amides is 1. The van der Waals surface area contributed by atoms with Gasteiger partial charge < -0.3 is 10.2 Å². The molecule has 5 heteroatoms. The fraction of sp³-hybridized carbons (Fsp3) is 0.444. The molecule has 0 bridgehead atoms. The first-order chi connectivity index (χ1) is 11.0. The second-order valence-corrected chi connectivity index (χ2v) is 6.04. The van der Waals surface area contributed by atoms with E-state index in [1.54, 1.807) is 0 Å². The Balaban J connectivity index is 2.21. The molecule has 0 aliphatic carbocycles. The summed E-state index contributed by atoms with van der Waals surface area (Å²) in [4.78, 5) is 13.2. The molecule has 1 heterocycles. The molecule has 2 N–H and O–H groups in total. The second kappa shape index (κ2) is 7.42. The summed E-state index contributed by atoms with van der Waals surface area (Å²) in [7, 11) is 2.05. The highest BCUT2D eigenvalue weighted by molar-refractivity contribution is 5.79. The topological polar surface area (TPSA) is 51.4 Å². The molecule has 5 nitrogen and oxygen atoms in total. The van der Waals surface area contributed by atoms with Crippen LogP contribution in [0.3, 0.4) is 0 Å². The van der Waals surface area contributed by atoms with Gasteiger partial charge >= 0.3 is 0 Å². The molecule has 1 amide bonds. The highest BCUT2D eigenvalue weighted by atomic mass is 16.2. The number of aryl methyl sites for hydroxylation is 1. The van der Waals surface area contributed by atoms with E-state index in [4.69, 9.17) is 0 Å². The Kier molecular flexibility index (Phi) is 5.55. The van der Waals surface area contributed by atoms with Gasteiger partial charge in [0, 0.05) is 6.54 Å². The van der Waals surface area contributed by atoms with E-state index >= 15 is 0 Å². The van der Waals surface area contributed by atoms with Crippen LogP contribution in [0.5, 0.6) is 0 Å². The number of rotatable bonds is 6. The molecule has 0 aliphatic heterocycles. The lowest BCUT2D eigenvalue weighted by Gasteiger charge is -2.21. The van der Waals surface area contributed by atoms with E-state index in [2.05, 4.69) is 36.5 Å². The van der Waals surface area contributed by atoms with E-state index in [1.165, 1.54) is 5.56 Å². The van der Waals surface area contributed by atoms with Crippen molar-refractivity contribution in [2.24, 2.45) is 0 Å². The summed E-state index contributed by atoms with van der Waals surface area (Å²) in [6, 6.07) is 10.0. The number of benzene rings is 1. The van der Waals surface area contributed by atoms with Crippen LogP contribution >= 0.6 is 0 Å². The van der Waals surface area contributed by atoms with Crippen molar-refractivity contribution >= 4 is 5.91 Å². The molecule has 2 atom stereocenters. The summed E-state index contributed by atoms with van der Waals surface area (Å²) in [5.74, 6) is 0.0933. The average Bonchev–Trinajstić information content (AvgIpc) is 2.83. The van der Waals surface area contributed by atoms with Gasteiger partial charge in [-0.1, -0.05) is 18.2 Å². The molecule has 1 unspecified atom stereocenters. The van der Waals surface area contributed by atoms with Gasteiger partial charge in [0.05, 0.1) is 29.7 Å². The SMILES string of the molecule is CCNC(=O)[C@H](C)[NH+](C)Cc1c(C)nn(-c2ccccc2)c1C. The van der Waals surface area contributed by atoms with E-state index in [0.29, 0.717) is 6.54 Å². The minimum atomic E-state index is -0.0891. The maximum absolute atomic E-state index is 12.0. The zero-order valence-electron chi connectivity index (χ0n) is 14.7. The van der Waals surface area contributed by atoms with Crippen molar-refractivity contribution in [2.45, 2.75) is 40.3 Å². The van der Waals surface area contributed by atoms with Crippen LogP contribution < -0.4 is 10.2 Å². The van der Waals surface area contributed by atoms with Gasteiger partial charge in [0.15, 0.2) is 6.04 Å². The molecule has 0 spiro atoms. The first kappa shape index (κ1) is 17.2. The van der Waals surface area contributed by atoms with Crippen LogP contribution in [-0.4, -0.2) is 35.3 Å². The van der Waals surface area contributed by atoms with E-state index in [0.717, 1.165) is 28.5 Å². The molecule has 0 fully saturated rings. The first-order valence-electron chi connectivity index (χ1n) is 8.16. The highest BCUT2D eigenvalue weighted by Crippen LogP contribution is 2.16. The summed E-state index contributed by atoms with van der Waals surface area (Å²) in [6.45, 7) is 9.48. The standard InChI is InChI=1S/C18H26N4O/c1-6-19-18(23)15(4)21(5)12-17-13(2)20-22(14(17)3)16-10-8-7-9-11-16/h7-11,15H,6,12H2,1-5H3,(H,19,23)/p+1/t15-/m0/s1. The number of hydrogen-bond donors (Lipinski definition) is 2. The van der Waals surface area contributed by atoms with Gasteiger partial charge in [0.1, 0.15) is 6.54 Å². The third-order valence-electron chi connectivity index (χ3n) is 4.38. The normalized spacial score (nSPS) is 13.6. The molecule has 124 valence electrons. The minimum Gasteiger partial charge on any atom is -0.351 e. The number of para-hydroxylation sites is 1. The smallest absolute Gasteiger partial charge is 0.278 e. The third-order valence-corrected chi connectivity index (χ3v) is 4.38. The third kappa shape index (κ3) is 3.79. The Bertz CT molecular complexity index is 663. The van der Waals surface area contributed by atoms with Crippen LogP contribution in [0.4, 0.5) is 0 Å². The Labute approximate surface area is 138 Å². The van der Waals surface area contributed by atoms with E-state index in [9.17, 15) is 4.79 Å². The lowest BCUT2D eigenvalue weighted by molar-refractivity contribution is -0.908. The summed E-state index contributed by atoms with van der Waals surface area (Å²) < 4.78 is 1.98. The molecule has 1 aromatic heterocycles. The molecule has 1 aromatic carbocycles. The number of quaternary nitrogens is 1. The van der Waals surface area contributed by atoms with Crippen LogP contribution in [0.15, 0.2) is 30.3 Å². The summed E-state index contributed by atoms with van der Waals surface area (Å²) in [5, 5.41) is 7.57. The van der Waals surface area contributed by atoms with Gasteiger partial charge in [0.25, 0.3) is 5.91 Å². The Hall–Kier alpha value is -2.14. The zero-order valence-corrected chi connectivity index (χ0v) is 14.7. The molecule has 0 saturated heterocycles. The lowest BCUT2D eigenvalue weighted by atomic mass is 10.1. The molecule has 0 radical (unpaired) electrons. The number of nitrogens with one attached hydrogen (secondary N) is 2. The summed E-state index contributed by atoms with van der Waals surface area (Å²) in [6.07, 6.45) is 0. The summed E-state index contributed by atoms with van der Waals surface area (Å²) >= 11 is 0. The zero-order chi connectivity index (χ0) is 17.0. The van der Waals surface area contributed by atoms with Crippen LogP contribution in [0, 0.1) is 13.8 Å². The first-order valence-corrected chi connectivity index (χ1v) is 8.16. The van der Waals surface area contributed by atoms with Gasteiger partial charge in [-0.15, -0.1) is 0 Å². The van der Waals surface area contributed by atoms with Gasteiger partial charge in [-0.05, 0) is 39.8 Å². The predicted octanol–water partition coefficient (Wildman–Crippen LogP) is 1.03. The van der Waals surface area contributed by atoms with Crippen LogP contribution in [0.2, 0.25) is 0 Å². The van der Waals surface area contributed by atoms with Crippen molar-refractivity contribution in [1.29, 1.82) is 0 Å². The maximum Gasteiger partial charge on any atom is 0.278 e. The van der Waals surface area contributed by atoms with Gasteiger partial charge in [-0.2, -0.15) is 5.10 Å². The van der Waals surface area contributed by atoms with E-state index < -0.39 is 0 Å². The average molecular weight is 315 g/mol. The van der Waals surface area contributed by atoms with Crippen molar-refractivity contribution in [3.63, 3.8) is 0 Å². The number of aromatic nitrogens is 2. The Morgan fingerprint density at radius 2 is 1.96 bits per heavy atom. The van der Waals surface area contributed by atoms with Crippen molar-refractivity contribution in [3.8, 4) is 5.69 Å². The monoisotopic (exact) mass is 315 g/mol. The second-order valence-electron chi connectivity index (χ2n) is 6.04. The molecule has 23 heavy (non-hydrogen) atoms. The predicted molar refractivity (Wildman–Crippen MR) is 91.8 cm³/mol. The van der Waals surface area contributed by atoms with Crippen molar-refractivity contribution < 1.29 is 9.69 Å². The van der Waals surface area contributed by atoms with E-state index in [1.807, 2.05) is 43.7 Å². The van der Waals surface area contributed by atoms with Gasteiger partial charge in [-0.25, -0.2) is 4.68 Å². The van der Waals surface area contributed by atoms with Crippen molar-refractivity contribution in [3.05, 3.63) is 47.3 Å². The number of nitrogens with zero attached hydrogens (tertiary/aromatic N) is 2. The van der Waals surface area contributed by atoms with Crippen LogP contribution in [-0.2, 0) is 11.3 Å². The van der Waals surface area contributed by atoms with E-state index in [-0.39, 0.29) is 11.9 Å². The van der Waals surface area contributed by atoms with Crippen molar-refractivity contribution in [2.75, 3.05) is 13.6 Å². The summed E-state index contributed by atoms with van der Waals surface area (Å²) in [5.41, 5.74) is 4.43. The highest BCUT2D eigenvalue weighted by Gasteiger charge is 2.24. The molecule has 2 aromatic rings. The number of carbonyl (C=O) groups is 1. The molecule has 0 aliphatic rings. The van der Waals surface area contributed by atoms with Crippen molar-refractivity contribution in [1.82, 2.24) is 15.1 Å². The Morgan fingerprint density at radius 1 is 1.30 bits per heavy atom. The number of carbonyl (C=O) groups excluding carboxylic acids is 1. The Morgan fingerprint density at radius 3 is 2.57 bits per heavy atom.